The first-order valence-electron chi connectivity index (χ1n) is 8.34. The molecule has 0 bridgehead atoms. The largest absolute Gasteiger partial charge is 0.379 e. The molecule has 24 heavy (non-hydrogen) atoms. The van der Waals surface area contributed by atoms with Gasteiger partial charge in [0, 0.05) is 31.3 Å². The average Bonchev–Trinajstić information content (AvgIpc) is 3.10. The Labute approximate surface area is 141 Å². The van der Waals surface area contributed by atoms with Gasteiger partial charge in [0.1, 0.15) is 5.69 Å². The van der Waals surface area contributed by atoms with E-state index < -0.39 is 0 Å². The van der Waals surface area contributed by atoms with Gasteiger partial charge in [-0.15, -0.1) is 0 Å². The van der Waals surface area contributed by atoms with E-state index in [1.807, 2.05) is 31.2 Å². The highest BCUT2D eigenvalue weighted by molar-refractivity contribution is 5.92. The second-order valence-corrected chi connectivity index (χ2v) is 6.01. The number of nitrogens with one attached hydrogen (secondary N) is 1. The van der Waals surface area contributed by atoms with E-state index in [9.17, 15) is 4.79 Å². The minimum atomic E-state index is -0.220. The summed E-state index contributed by atoms with van der Waals surface area (Å²) in [6.45, 7) is 7.15. The Morgan fingerprint density at radius 3 is 2.75 bits per heavy atom. The van der Waals surface area contributed by atoms with E-state index in [1.54, 1.807) is 6.07 Å². The van der Waals surface area contributed by atoms with Crippen LogP contribution in [0.2, 0.25) is 0 Å². The highest BCUT2D eigenvalue weighted by Gasteiger charge is 2.14. The van der Waals surface area contributed by atoms with Crippen LogP contribution in [-0.2, 0) is 4.74 Å². The topological polar surface area (TPSA) is 67.6 Å². The number of ether oxygens (including phenoxy) is 1. The van der Waals surface area contributed by atoms with Gasteiger partial charge < -0.3 is 14.6 Å². The van der Waals surface area contributed by atoms with Gasteiger partial charge in [-0.2, -0.15) is 0 Å². The summed E-state index contributed by atoms with van der Waals surface area (Å²) in [5.74, 6) is 0.0276. The van der Waals surface area contributed by atoms with Crippen molar-refractivity contribution in [2.24, 2.45) is 0 Å². The van der Waals surface area contributed by atoms with Crippen molar-refractivity contribution < 1.29 is 14.1 Å². The van der Waals surface area contributed by atoms with Crippen molar-refractivity contribution in [3.8, 4) is 11.3 Å². The molecule has 1 aliphatic rings. The van der Waals surface area contributed by atoms with E-state index in [4.69, 9.17) is 9.26 Å². The zero-order chi connectivity index (χ0) is 16.8. The molecular formula is C18H23N3O3. The molecule has 2 aromatic rings. The monoisotopic (exact) mass is 329 g/mol. The predicted molar refractivity (Wildman–Crippen MR) is 90.9 cm³/mol. The molecular weight excluding hydrogens is 306 g/mol. The van der Waals surface area contributed by atoms with Crippen LogP contribution in [0.3, 0.4) is 0 Å². The summed E-state index contributed by atoms with van der Waals surface area (Å²) in [6.07, 6.45) is 0.907. The third kappa shape index (κ3) is 4.43. The van der Waals surface area contributed by atoms with Crippen molar-refractivity contribution in [1.29, 1.82) is 0 Å². The van der Waals surface area contributed by atoms with Crippen LogP contribution in [0, 0.1) is 6.92 Å². The van der Waals surface area contributed by atoms with Gasteiger partial charge >= 0.3 is 0 Å². The number of hydrogen-bond donors (Lipinski definition) is 1. The summed E-state index contributed by atoms with van der Waals surface area (Å²) in [4.78, 5) is 14.5. The lowest BCUT2D eigenvalue weighted by Gasteiger charge is -2.26. The third-order valence-corrected chi connectivity index (χ3v) is 4.12. The molecule has 1 N–H and O–H groups in total. The predicted octanol–water partition coefficient (Wildman–Crippen LogP) is 2.10. The van der Waals surface area contributed by atoms with Crippen LogP contribution in [0.1, 0.15) is 22.5 Å². The molecule has 0 atom stereocenters. The van der Waals surface area contributed by atoms with E-state index in [1.165, 1.54) is 5.56 Å². The maximum absolute atomic E-state index is 12.1. The van der Waals surface area contributed by atoms with E-state index >= 15 is 0 Å². The van der Waals surface area contributed by atoms with Gasteiger partial charge in [0.25, 0.3) is 5.91 Å². The van der Waals surface area contributed by atoms with E-state index in [0.29, 0.717) is 12.2 Å². The van der Waals surface area contributed by atoms with Crippen molar-refractivity contribution in [3.63, 3.8) is 0 Å². The number of benzene rings is 1. The van der Waals surface area contributed by atoms with E-state index in [-0.39, 0.29) is 11.7 Å². The van der Waals surface area contributed by atoms with Crippen molar-refractivity contribution >= 4 is 5.91 Å². The summed E-state index contributed by atoms with van der Waals surface area (Å²) in [6, 6.07) is 9.64. The SMILES string of the molecule is Cc1ccc(-c2cc(C(=O)NCCCN3CCOCC3)on2)cc1. The lowest BCUT2D eigenvalue weighted by atomic mass is 10.1. The molecule has 0 unspecified atom stereocenters. The first-order chi connectivity index (χ1) is 11.7. The molecule has 1 fully saturated rings. The van der Waals surface area contributed by atoms with Crippen LogP contribution in [0.4, 0.5) is 0 Å². The van der Waals surface area contributed by atoms with Gasteiger partial charge in [-0.1, -0.05) is 35.0 Å². The second-order valence-electron chi connectivity index (χ2n) is 6.01. The number of carbonyl (C=O) groups excluding carboxylic acids is 1. The summed E-state index contributed by atoms with van der Waals surface area (Å²) >= 11 is 0. The normalized spacial score (nSPS) is 15.4. The zero-order valence-electron chi connectivity index (χ0n) is 14.0. The highest BCUT2D eigenvalue weighted by atomic mass is 16.5. The molecule has 6 nitrogen and oxygen atoms in total. The minimum absolute atomic E-state index is 0.220. The number of aromatic nitrogens is 1. The number of amides is 1. The van der Waals surface area contributed by atoms with E-state index in [0.717, 1.165) is 44.8 Å². The number of aryl methyl sites for hydroxylation is 1. The average molecular weight is 329 g/mol. The fourth-order valence-corrected chi connectivity index (χ4v) is 2.66. The number of rotatable bonds is 6. The standard InChI is InChI=1S/C18H23N3O3/c1-14-3-5-15(6-4-14)16-13-17(24-20-16)18(22)19-7-2-8-21-9-11-23-12-10-21/h3-6,13H,2,7-12H2,1H3,(H,19,22). The Kier molecular flexibility index (Phi) is 5.61. The maximum atomic E-state index is 12.1. The van der Waals surface area contributed by atoms with Crippen molar-refractivity contribution in [1.82, 2.24) is 15.4 Å². The summed E-state index contributed by atoms with van der Waals surface area (Å²) in [7, 11) is 0. The van der Waals surface area contributed by atoms with Gasteiger partial charge in [0.2, 0.25) is 5.76 Å². The fraction of sp³-hybridized carbons (Fsp3) is 0.444. The van der Waals surface area contributed by atoms with Gasteiger partial charge in [0.05, 0.1) is 13.2 Å². The molecule has 3 rings (SSSR count). The molecule has 1 aromatic carbocycles. The molecule has 0 radical (unpaired) electrons. The Bertz CT molecular complexity index is 660. The van der Waals surface area contributed by atoms with Crippen molar-refractivity contribution in [2.75, 3.05) is 39.4 Å². The van der Waals surface area contributed by atoms with Gasteiger partial charge in [-0.3, -0.25) is 9.69 Å². The molecule has 0 spiro atoms. The molecule has 128 valence electrons. The molecule has 0 saturated carbocycles. The molecule has 1 aromatic heterocycles. The number of hydrogen-bond acceptors (Lipinski definition) is 5. The molecule has 6 heteroatoms. The lowest BCUT2D eigenvalue weighted by molar-refractivity contribution is 0.0374. The lowest BCUT2D eigenvalue weighted by Crippen LogP contribution is -2.38. The molecule has 2 heterocycles. The quantitative estimate of drug-likeness (QED) is 0.822. The fourth-order valence-electron chi connectivity index (χ4n) is 2.66. The Hall–Kier alpha value is -2.18. The molecule has 0 aliphatic carbocycles. The van der Waals surface area contributed by atoms with Gasteiger partial charge in [-0.05, 0) is 19.9 Å². The van der Waals surface area contributed by atoms with Gasteiger partial charge in [-0.25, -0.2) is 0 Å². The first kappa shape index (κ1) is 16.7. The van der Waals surface area contributed by atoms with Crippen LogP contribution >= 0.6 is 0 Å². The summed E-state index contributed by atoms with van der Waals surface area (Å²) in [5.41, 5.74) is 2.80. The van der Waals surface area contributed by atoms with Crippen LogP contribution in [0.5, 0.6) is 0 Å². The third-order valence-electron chi connectivity index (χ3n) is 4.12. The highest BCUT2D eigenvalue weighted by Crippen LogP contribution is 2.19. The number of carbonyl (C=O) groups is 1. The van der Waals surface area contributed by atoms with Crippen LogP contribution in [0.25, 0.3) is 11.3 Å². The molecule has 1 aliphatic heterocycles. The zero-order valence-corrected chi connectivity index (χ0v) is 14.0. The van der Waals surface area contributed by atoms with Crippen molar-refractivity contribution in [2.45, 2.75) is 13.3 Å². The van der Waals surface area contributed by atoms with Crippen molar-refractivity contribution in [3.05, 3.63) is 41.7 Å². The first-order valence-corrected chi connectivity index (χ1v) is 8.34. The second kappa shape index (κ2) is 8.08. The van der Waals surface area contributed by atoms with Gasteiger partial charge in [0.15, 0.2) is 0 Å². The molecule has 1 saturated heterocycles. The summed E-state index contributed by atoms with van der Waals surface area (Å²) < 4.78 is 10.5. The minimum Gasteiger partial charge on any atom is -0.379 e. The number of morpholine rings is 1. The Morgan fingerprint density at radius 2 is 2.00 bits per heavy atom. The molecule has 1 amide bonds. The van der Waals surface area contributed by atoms with Crippen LogP contribution in [-0.4, -0.2) is 55.4 Å². The number of nitrogens with zero attached hydrogens (tertiary/aromatic N) is 2. The maximum Gasteiger partial charge on any atom is 0.289 e. The summed E-state index contributed by atoms with van der Waals surface area (Å²) in [5, 5.41) is 6.86. The van der Waals surface area contributed by atoms with E-state index in [2.05, 4.69) is 15.4 Å². The Balaban J connectivity index is 1.46. The Morgan fingerprint density at radius 1 is 1.25 bits per heavy atom. The van der Waals surface area contributed by atoms with Crippen LogP contribution in [0.15, 0.2) is 34.9 Å². The van der Waals surface area contributed by atoms with Crippen LogP contribution < -0.4 is 5.32 Å². The smallest absolute Gasteiger partial charge is 0.289 e.